The highest BCUT2D eigenvalue weighted by Crippen LogP contribution is 2.40. The van der Waals surface area contributed by atoms with Crippen molar-refractivity contribution in [3.8, 4) is 0 Å². The van der Waals surface area contributed by atoms with Gasteiger partial charge in [0.1, 0.15) is 22.7 Å². The van der Waals surface area contributed by atoms with Crippen LogP contribution < -0.4 is 15.6 Å². The van der Waals surface area contributed by atoms with Gasteiger partial charge in [0.2, 0.25) is 0 Å². The average molecular weight is 1380 g/mol. The summed E-state index contributed by atoms with van der Waals surface area (Å²) in [5, 5.41) is 31.8. The largest absolute Gasteiger partial charge is 0.476 e. The van der Waals surface area contributed by atoms with Crippen molar-refractivity contribution in [1.82, 2.24) is 73.4 Å². The van der Waals surface area contributed by atoms with Crippen LogP contribution >= 0.6 is 58.8 Å². The van der Waals surface area contributed by atoms with E-state index in [1.165, 1.54) is 60.0 Å². The highest BCUT2D eigenvalue weighted by Gasteiger charge is 2.25. The molecule has 0 aromatic carbocycles. The Balaban J connectivity index is 0.000000187. The Morgan fingerprint density at radius 1 is 0.615 bits per heavy atom. The number of hydrogen-bond donors (Lipinski definition) is 4. The number of carboxylic acid groups (broad SMARTS) is 1. The molecule has 0 aliphatic heterocycles. The fourth-order valence-electron chi connectivity index (χ4n) is 7.80. The normalized spacial score (nSPS) is 13.2. The molecule has 10 aromatic rings. The second-order valence-electron chi connectivity index (χ2n) is 22.5. The van der Waals surface area contributed by atoms with Crippen molar-refractivity contribution in [1.29, 1.82) is 0 Å². The molecule has 0 saturated heterocycles. The molecule has 2 aliphatic carbocycles. The number of carboxylic acids is 1. The average Bonchev–Trinajstić information content (AvgIpc) is 1.78. The van der Waals surface area contributed by atoms with Crippen LogP contribution in [0.2, 0.25) is 20.1 Å². The molecule has 12 rings (SSSR count). The van der Waals surface area contributed by atoms with E-state index in [1.54, 1.807) is 71.9 Å². The van der Waals surface area contributed by atoms with E-state index in [1.807, 2.05) is 64.4 Å². The molecule has 6 N–H and O–H groups in total. The van der Waals surface area contributed by atoms with E-state index < -0.39 is 27.9 Å². The third-order valence-electron chi connectivity index (χ3n) is 12.9. The Morgan fingerprint density at radius 2 is 1.05 bits per heavy atom. The number of carbonyl (C=O) groups excluding carboxylic acids is 2. The molecule has 2 aliphatic rings. The van der Waals surface area contributed by atoms with Gasteiger partial charge in [0.15, 0.2) is 17.8 Å². The van der Waals surface area contributed by atoms with Crippen molar-refractivity contribution >= 4 is 110 Å². The van der Waals surface area contributed by atoms with Crippen LogP contribution in [0.3, 0.4) is 0 Å². The molecule has 23 nitrogen and oxygen atoms in total. The molecule has 482 valence electrons. The molecule has 10 heterocycles. The fourth-order valence-corrected chi connectivity index (χ4v) is 9.23. The third-order valence-corrected chi connectivity index (χ3v) is 16.6. The predicted molar refractivity (Wildman–Crippen MR) is 357 cm³/mol. The van der Waals surface area contributed by atoms with E-state index in [2.05, 4.69) is 90.2 Å². The maximum Gasteiger partial charge on any atom is 0.358 e. The number of pyridine rings is 6. The van der Waals surface area contributed by atoms with Crippen LogP contribution in [-0.2, 0) is 54.6 Å². The zero-order valence-electron chi connectivity index (χ0n) is 50.6. The van der Waals surface area contributed by atoms with Crippen LogP contribution in [0.15, 0.2) is 135 Å². The molecule has 2 atom stereocenters. The van der Waals surface area contributed by atoms with E-state index >= 15 is 0 Å². The van der Waals surface area contributed by atoms with Gasteiger partial charge in [-0.05, 0) is 157 Å². The number of aryl methyl sites for hydroxylation is 1. The lowest BCUT2D eigenvalue weighted by Gasteiger charge is -2.17. The Labute approximate surface area is 557 Å². The molecule has 30 heteroatoms. The van der Waals surface area contributed by atoms with E-state index in [4.69, 9.17) is 62.4 Å². The van der Waals surface area contributed by atoms with Crippen molar-refractivity contribution in [3.05, 3.63) is 212 Å². The number of Topliss-reactive ketones (excluding diaryl/α,β-unsaturated/α-hetero) is 1. The first kappa shape index (κ1) is 72.8. The maximum atomic E-state index is 12.4. The molecule has 2 fully saturated rings. The highest BCUT2D eigenvalue weighted by molar-refractivity contribution is 7.84. The van der Waals surface area contributed by atoms with Gasteiger partial charge in [0, 0.05) is 88.3 Å². The van der Waals surface area contributed by atoms with Crippen LogP contribution in [0.4, 0.5) is 0 Å². The number of imidazole rings is 2. The third kappa shape index (κ3) is 24.4. The molecule has 0 bridgehead atoms. The lowest BCUT2D eigenvalue weighted by Crippen LogP contribution is -2.33. The molecule has 10 aromatic heterocycles. The minimum atomic E-state index is -1.18. The van der Waals surface area contributed by atoms with Crippen LogP contribution in [-0.4, -0.2) is 110 Å². The second-order valence-corrected chi connectivity index (χ2v) is 28.1. The standard InChI is InChI=1S/C21H19ClN6O.C14H13N5O2.C10H15ClN2OS.C6H7ClN2.C6H4ClNO.C4H11NOS.ClH/c22-16-7-8-23-17(9-16)4-5-20(29)19-13-28(26-25-19)12-18-11-27-10-15(14-1-2-14)3-6-21(27)24-18;20-14(21)12-8-19(17-16-12)7-11-6-18-5-10(9-1-2-9)3-4-13(18)15-11;1-10(2,3)15(14)13-7-9-6-8(11)4-5-12-9;7-5-1-2-9-6(3-5)4-8;7-5-1-2-8-6(3-5)4-9;1-4(2,3)7(5)6;/h3,6-11,13-14H,1-2,4-5,12H2;3-6,8-9H,1-2,7H2,(H,20,21);4-6,13H,7H2,1-3H3;1-3H,4,8H2;1-4H;5H2,1-3H3;1H. The quantitative estimate of drug-likeness (QED) is 0.0516. The van der Waals surface area contributed by atoms with E-state index in [-0.39, 0.29) is 33.4 Å². The van der Waals surface area contributed by atoms with Crippen molar-refractivity contribution in [2.45, 2.75) is 128 Å². The molecular formula is C61H70Cl5N17O6S2. The lowest BCUT2D eigenvalue weighted by atomic mass is 10.1. The summed E-state index contributed by atoms with van der Waals surface area (Å²) in [6, 6.07) is 21.9. The number of halogens is 5. The van der Waals surface area contributed by atoms with Crippen LogP contribution in [0, 0.1) is 0 Å². The van der Waals surface area contributed by atoms with Crippen LogP contribution in [0.1, 0.15) is 157 Å². The van der Waals surface area contributed by atoms with E-state index in [0.717, 1.165) is 39.8 Å². The number of aromatic nitrogens is 14. The van der Waals surface area contributed by atoms with Gasteiger partial charge in [-0.25, -0.2) is 37.3 Å². The molecule has 2 unspecified atom stereocenters. The Morgan fingerprint density at radius 3 is 1.46 bits per heavy atom. The van der Waals surface area contributed by atoms with Crippen LogP contribution in [0.25, 0.3) is 11.3 Å². The summed E-state index contributed by atoms with van der Waals surface area (Å²) >= 11 is 22.9. The van der Waals surface area contributed by atoms with Gasteiger partial charge in [-0.15, -0.1) is 22.6 Å². The number of nitrogens with zero attached hydrogens (tertiary/aromatic N) is 14. The molecule has 91 heavy (non-hydrogen) atoms. The molecule has 0 spiro atoms. The number of aldehydes is 1. The topological polar surface area (TPSA) is 317 Å². The first-order valence-electron chi connectivity index (χ1n) is 28.2. The zero-order chi connectivity index (χ0) is 65.1. The van der Waals surface area contributed by atoms with Gasteiger partial charge in [0.25, 0.3) is 0 Å². The number of nitrogens with two attached hydrogens (primary N) is 2. The predicted octanol–water partition coefficient (Wildman–Crippen LogP) is 11.1. The highest BCUT2D eigenvalue weighted by atomic mass is 35.5. The summed E-state index contributed by atoms with van der Waals surface area (Å²) in [6.07, 6.45) is 24.3. The van der Waals surface area contributed by atoms with Gasteiger partial charge in [-0.3, -0.25) is 34.7 Å². The van der Waals surface area contributed by atoms with E-state index in [0.29, 0.717) is 88.6 Å². The van der Waals surface area contributed by atoms with Crippen molar-refractivity contribution in [2.75, 3.05) is 0 Å². The van der Waals surface area contributed by atoms with Gasteiger partial charge in [-0.1, -0.05) is 69.0 Å². The van der Waals surface area contributed by atoms with Gasteiger partial charge in [0.05, 0.1) is 86.3 Å². The molecule has 0 amide bonds. The molecule has 0 radical (unpaired) electrons. The number of aromatic carboxylic acids is 1. The minimum Gasteiger partial charge on any atom is -0.476 e. The van der Waals surface area contributed by atoms with Crippen molar-refractivity contribution < 1.29 is 27.9 Å². The SMILES string of the molecule is CC(C)(C)S(=O)NCc1cc(Cl)ccn1.CC(C)(C)S(N)=O.Cl.NCc1cc(Cl)ccn1.O=C(CCc1cc(Cl)ccn1)c1cn(Cc2cn3cc(C4CC4)ccc3n2)nn1.O=C(O)c1cn(Cc2cn3cc(C4CC4)ccc3n2)nn1.O=Cc1cc(Cl)ccn1. The summed E-state index contributed by atoms with van der Waals surface area (Å²) in [6.45, 7) is 13.0. The van der Waals surface area contributed by atoms with Gasteiger partial charge >= 0.3 is 5.97 Å². The minimum absolute atomic E-state index is 0. The second kappa shape index (κ2) is 34.4. The number of hydrogen-bond acceptors (Lipinski definition) is 16. The van der Waals surface area contributed by atoms with Crippen molar-refractivity contribution in [2.24, 2.45) is 10.9 Å². The van der Waals surface area contributed by atoms with Gasteiger partial charge in [-0.2, -0.15) is 0 Å². The lowest BCUT2D eigenvalue weighted by molar-refractivity contribution is 0.0689. The van der Waals surface area contributed by atoms with E-state index in [9.17, 15) is 22.8 Å². The summed E-state index contributed by atoms with van der Waals surface area (Å²) in [5.41, 5.74) is 14.6. The summed E-state index contributed by atoms with van der Waals surface area (Å²) in [5.74, 6) is 0.261. The van der Waals surface area contributed by atoms with Gasteiger partial charge < -0.3 is 19.6 Å². The Bertz CT molecular complexity index is 4090. The fraction of sp³-hybridized carbons (Fsp3) is 0.328. The maximum absolute atomic E-state index is 12.4. The van der Waals surface area contributed by atoms with Crippen LogP contribution in [0.5, 0.6) is 0 Å². The summed E-state index contributed by atoms with van der Waals surface area (Å²) < 4.78 is 31.6. The zero-order valence-corrected chi connectivity index (χ0v) is 56.1. The smallest absolute Gasteiger partial charge is 0.358 e. The first-order valence-corrected chi connectivity index (χ1v) is 32.1. The molecular weight excluding hydrogens is 1310 g/mol. The number of fused-ring (bicyclic) bond motifs is 2. The summed E-state index contributed by atoms with van der Waals surface area (Å²) in [4.78, 5) is 58.4. The molecule has 2 saturated carbocycles. The summed E-state index contributed by atoms with van der Waals surface area (Å²) in [7, 11) is -2.26. The monoisotopic (exact) mass is 1380 g/mol. The Hall–Kier alpha value is -7.30. The number of rotatable bonds is 16. The Kier molecular flexibility index (Phi) is 27.5. The van der Waals surface area contributed by atoms with Crippen molar-refractivity contribution in [3.63, 3.8) is 0 Å². The number of nitrogens with one attached hydrogen (secondary N) is 1. The number of ketones is 1. The number of carbonyl (C=O) groups is 3. The first-order chi connectivity index (χ1) is 42.8.